The first kappa shape index (κ1) is 13.1. The van der Waals surface area contributed by atoms with Gasteiger partial charge in [0.2, 0.25) is 0 Å². The molecule has 0 bridgehead atoms. The summed E-state index contributed by atoms with van der Waals surface area (Å²) in [5, 5.41) is 1.29. The lowest BCUT2D eigenvalue weighted by Gasteiger charge is -2.26. The standard InChI is InChI=1S/C19H19NS/c20-19(18-12-16-4-1-2-7-17(16)21-18)15-10-8-14(9-11-15)13-5-3-6-13/h1-2,4,7-13,19H,3,5-6,20H2. The van der Waals surface area contributed by atoms with Gasteiger partial charge in [0, 0.05) is 9.58 Å². The van der Waals surface area contributed by atoms with Crippen LogP contribution in [-0.4, -0.2) is 0 Å². The van der Waals surface area contributed by atoms with Gasteiger partial charge in [0.05, 0.1) is 6.04 Å². The summed E-state index contributed by atoms with van der Waals surface area (Å²) in [7, 11) is 0. The predicted molar refractivity (Wildman–Crippen MR) is 90.9 cm³/mol. The van der Waals surface area contributed by atoms with Crippen LogP contribution in [0.15, 0.2) is 54.6 Å². The Kier molecular flexibility index (Phi) is 3.28. The Morgan fingerprint density at radius 2 is 1.76 bits per heavy atom. The summed E-state index contributed by atoms with van der Waals surface area (Å²) >= 11 is 1.80. The third kappa shape index (κ3) is 2.39. The Morgan fingerprint density at radius 1 is 1.00 bits per heavy atom. The highest BCUT2D eigenvalue weighted by Gasteiger charge is 2.19. The highest BCUT2D eigenvalue weighted by molar-refractivity contribution is 7.19. The van der Waals surface area contributed by atoms with Gasteiger partial charge in [0.15, 0.2) is 0 Å². The molecule has 0 spiro atoms. The Bertz CT molecular complexity index is 720. The van der Waals surface area contributed by atoms with Crippen molar-refractivity contribution in [3.63, 3.8) is 0 Å². The van der Waals surface area contributed by atoms with Crippen molar-refractivity contribution >= 4 is 21.4 Å². The lowest BCUT2D eigenvalue weighted by atomic mass is 9.80. The monoisotopic (exact) mass is 293 g/mol. The lowest BCUT2D eigenvalue weighted by Crippen LogP contribution is -2.12. The molecule has 0 amide bonds. The van der Waals surface area contributed by atoms with E-state index in [2.05, 4.69) is 54.6 Å². The molecule has 1 fully saturated rings. The van der Waals surface area contributed by atoms with Crippen LogP contribution in [-0.2, 0) is 0 Å². The van der Waals surface area contributed by atoms with Crippen molar-refractivity contribution in [1.29, 1.82) is 0 Å². The summed E-state index contributed by atoms with van der Waals surface area (Å²) < 4.78 is 1.31. The molecule has 106 valence electrons. The molecule has 0 saturated heterocycles. The molecule has 2 aromatic carbocycles. The van der Waals surface area contributed by atoms with E-state index >= 15 is 0 Å². The number of hydrogen-bond donors (Lipinski definition) is 1. The molecule has 2 N–H and O–H groups in total. The van der Waals surface area contributed by atoms with Crippen molar-refractivity contribution in [3.8, 4) is 0 Å². The van der Waals surface area contributed by atoms with Gasteiger partial charge in [-0.15, -0.1) is 11.3 Å². The fraction of sp³-hybridized carbons (Fsp3) is 0.263. The fourth-order valence-corrected chi connectivity index (χ4v) is 4.13. The maximum atomic E-state index is 6.46. The molecule has 1 unspecified atom stereocenters. The molecule has 2 heteroatoms. The first-order valence-corrected chi connectivity index (χ1v) is 8.47. The second kappa shape index (κ2) is 5.28. The van der Waals surface area contributed by atoms with E-state index in [4.69, 9.17) is 5.73 Å². The van der Waals surface area contributed by atoms with Gasteiger partial charge in [0.1, 0.15) is 0 Å². The van der Waals surface area contributed by atoms with Gasteiger partial charge < -0.3 is 5.73 Å². The Hall–Kier alpha value is -1.64. The smallest absolute Gasteiger partial charge is 0.0646 e. The average Bonchev–Trinajstić information content (AvgIpc) is 2.89. The molecule has 0 radical (unpaired) electrons. The van der Waals surface area contributed by atoms with Gasteiger partial charge in [-0.3, -0.25) is 0 Å². The summed E-state index contributed by atoms with van der Waals surface area (Å²) in [5.41, 5.74) is 9.16. The zero-order valence-corrected chi connectivity index (χ0v) is 12.8. The molecule has 1 atom stereocenters. The third-order valence-corrected chi connectivity index (χ3v) is 5.82. The number of nitrogens with two attached hydrogens (primary N) is 1. The first-order chi connectivity index (χ1) is 10.3. The minimum absolute atomic E-state index is 0.0159. The molecule has 1 aromatic heterocycles. The predicted octanol–water partition coefficient (Wildman–Crippen LogP) is 5.22. The Balaban J connectivity index is 1.62. The lowest BCUT2D eigenvalue weighted by molar-refractivity contribution is 0.419. The SMILES string of the molecule is NC(c1ccc(C2CCC2)cc1)c1cc2ccccc2s1. The summed E-state index contributed by atoms with van der Waals surface area (Å²) in [6.07, 6.45) is 4.08. The van der Waals surface area contributed by atoms with Crippen molar-refractivity contribution in [3.05, 3.63) is 70.6 Å². The van der Waals surface area contributed by atoms with Crippen LogP contribution in [0.1, 0.15) is 47.2 Å². The van der Waals surface area contributed by atoms with Crippen LogP contribution in [0.4, 0.5) is 0 Å². The number of rotatable bonds is 3. The number of benzene rings is 2. The Labute approximate surface area is 129 Å². The van der Waals surface area contributed by atoms with Crippen LogP contribution in [0.25, 0.3) is 10.1 Å². The molecule has 1 aliphatic rings. The zero-order chi connectivity index (χ0) is 14.2. The van der Waals surface area contributed by atoms with Crippen LogP contribution < -0.4 is 5.73 Å². The molecule has 0 aliphatic heterocycles. The molecule has 4 rings (SSSR count). The van der Waals surface area contributed by atoms with Crippen LogP contribution in [0.5, 0.6) is 0 Å². The maximum absolute atomic E-state index is 6.46. The van der Waals surface area contributed by atoms with Crippen molar-refractivity contribution in [2.45, 2.75) is 31.2 Å². The molecule has 1 aliphatic carbocycles. The number of thiophene rings is 1. The van der Waals surface area contributed by atoms with Crippen molar-refractivity contribution in [2.24, 2.45) is 5.73 Å². The molecule has 3 aromatic rings. The van der Waals surface area contributed by atoms with Crippen LogP contribution in [0.2, 0.25) is 0 Å². The first-order valence-electron chi connectivity index (χ1n) is 7.65. The van der Waals surface area contributed by atoms with Crippen LogP contribution in [0, 0.1) is 0 Å². The second-order valence-electron chi connectivity index (χ2n) is 5.96. The van der Waals surface area contributed by atoms with E-state index in [9.17, 15) is 0 Å². The molecular weight excluding hydrogens is 274 g/mol. The molecular formula is C19H19NS. The fourth-order valence-electron chi connectivity index (χ4n) is 3.04. The minimum Gasteiger partial charge on any atom is -0.320 e. The maximum Gasteiger partial charge on any atom is 0.0646 e. The zero-order valence-electron chi connectivity index (χ0n) is 12.0. The van der Waals surface area contributed by atoms with Gasteiger partial charge >= 0.3 is 0 Å². The van der Waals surface area contributed by atoms with Crippen molar-refractivity contribution in [1.82, 2.24) is 0 Å². The average molecular weight is 293 g/mol. The summed E-state index contributed by atoms with van der Waals surface area (Å²) in [6, 6.07) is 19.7. The molecule has 1 nitrogen and oxygen atoms in total. The van der Waals surface area contributed by atoms with Gasteiger partial charge in [-0.1, -0.05) is 48.9 Å². The molecule has 21 heavy (non-hydrogen) atoms. The van der Waals surface area contributed by atoms with E-state index in [0.717, 1.165) is 5.92 Å². The van der Waals surface area contributed by atoms with Gasteiger partial charge in [-0.05, 0) is 47.4 Å². The van der Waals surface area contributed by atoms with Crippen molar-refractivity contribution in [2.75, 3.05) is 0 Å². The van der Waals surface area contributed by atoms with Gasteiger partial charge in [0.25, 0.3) is 0 Å². The Morgan fingerprint density at radius 3 is 2.43 bits per heavy atom. The summed E-state index contributed by atoms with van der Waals surface area (Å²) in [4.78, 5) is 1.24. The summed E-state index contributed by atoms with van der Waals surface area (Å²) in [5.74, 6) is 0.791. The minimum atomic E-state index is -0.0159. The van der Waals surface area contributed by atoms with Gasteiger partial charge in [-0.25, -0.2) is 0 Å². The molecule has 1 saturated carbocycles. The third-order valence-electron chi connectivity index (χ3n) is 4.62. The number of fused-ring (bicyclic) bond motifs is 1. The van der Waals surface area contributed by atoms with Crippen molar-refractivity contribution < 1.29 is 0 Å². The normalized spacial score (nSPS) is 16.8. The second-order valence-corrected chi connectivity index (χ2v) is 7.07. The quantitative estimate of drug-likeness (QED) is 0.704. The van der Waals surface area contributed by atoms with E-state index in [-0.39, 0.29) is 6.04 Å². The van der Waals surface area contributed by atoms with Gasteiger partial charge in [-0.2, -0.15) is 0 Å². The largest absolute Gasteiger partial charge is 0.320 e. The van der Waals surface area contributed by atoms with Crippen LogP contribution in [0.3, 0.4) is 0 Å². The highest BCUT2D eigenvalue weighted by atomic mass is 32.1. The number of hydrogen-bond acceptors (Lipinski definition) is 2. The highest BCUT2D eigenvalue weighted by Crippen LogP contribution is 2.37. The topological polar surface area (TPSA) is 26.0 Å². The van der Waals surface area contributed by atoms with E-state index in [1.54, 1.807) is 11.3 Å². The summed E-state index contributed by atoms with van der Waals surface area (Å²) in [6.45, 7) is 0. The van der Waals surface area contributed by atoms with E-state index in [1.165, 1.54) is 45.4 Å². The van der Waals surface area contributed by atoms with E-state index in [1.807, 2.05) is 0 Å². The van der Waals surface area contributed by atoms with E-state index in [0.29, 0.717) is 0 Å². The van der Waals surface area contributed by atoms with E-state index < -0.39 is 0 Å². The van der Waals surface area contributed by atoms with Crippen LogP contribution >= 0.6 is 11.3 Å². The molecule has 1 heterocycles.